The molecule has 6 nitrogen and oxygen atoms in total. The first-order chi connectivity index (χ1) is 8.12. The fourth-order valence-corrected chi connectivity index (χ4v) is 3.06. The first-order valence-corrected chi connectivity index (χ1v) is 6.37. The minimum atomic E-state index is -1.10. The van der Waals surface area contributed by atoms with E-state index in [1.807, 2.05) is 0 Å². The van der Waals surface area contributed by atoms with Gasteiger partial charge in [-0.2, -0.15) is 16.9 Å². The van der Waals surface area contributed by atoms with Crippen molar-refractivity contribution >= 4 is 23.6 Å². The quantitative estimate of drug-likeness (QED) is 0.788. The number of thioether (sulfide) groups is 1. The summed E-state index contributed by atoms with van der Waals surface area (Å²) in [5, 5.41) is 15.7. The maximum Gasteiger partial charge on any atom is 0.330 e. The van der Waals surface area contributed by atoms with Crippen LogP contribution in [0.15, 0.2) is 18.5 Å². The molecule has 0 aromatic carbocycles. The fraction of sp³-hybridized carbons (Fsp3) is 0.500. The van der Waals surface area contributed by atoms with Crippen molar-refractivity contribution < 1.29 is 14.7 Å². The van der Waals surface area contributed by atoms with Gasteiger partial charge >= 0.3 is 5.97 Å². The molecule has 2 rings (SSSR count). The third kappa shape index (κ3) is 2.60. The average Bonchev–Trinajstić information content (AvgIpc) is 2.89. The number of rotatable bonds is 4. The summed E-state index contributed by atoms with van der Waals surface area (Å²) in [6.07, 6.45) is 3.71. The first kappa shape index (κ1) is 12.0. The van der Waals surface area contributed by atoms with E-state index in [0.717, 1.165) is 5.75 Å². The summed E-state index contributed by atoms with van der Waals surface area (Å²) in [6, 6.07) is 1.71. The first-order valence-electron chi connectivity index (χ1n) is 5.22. The number of hydrogen-bond donors (Lipinski definition) is 2. The Morgan fingerprint density at radius 1 is 1.59 bits per heavy atom. The van der Waals surface area contributed by atoms with Crippen LogP contribution in [-0.4, -0.2) is 43.8 Å². The Hall–Kier alpha value is -1.50. The number of aromatic nitrogens is 2. The van der Waals surface area contributed by atoms with Crippen LogP contribution in [0.1, 0.15) is 6.42 Å². The molecule has 0 bridgehead atoms. The van der Waals surface area contributed by atoms with Gasteiger partial charge in [-0.1, -0.05) is 0 Å². The maximum absolute atomic E-state index is 11.7. The van der Waals surface area contributed by atoms with Crippen LogP contribution in [0.3, 0.4) is 0 Å². The summed E-state index contributed by atoms with van der Waals surface area (Å²) >= 11 is 1.54. The van der Waals surface area contributed by atoms with Crippen LogP contribution in [0.2, 0.25) is 0 Å². The van der Waals surface area contributed by atoms with Crippen LogP contribution in [0.25, 0.3) is 0 Å². The Morgan fingerprint density at radius 3 is 2.94 bits per heavy atom. The number of carboxylic acid groups (broad SMARTS) is 1. The van der Waals surface area contributed by atoms with Crippen LogP contribution in [0.5, 0.6) is 0 Å². The highest BCUT2D eigenvalue weighted by Crippen LogP contribution is 2.28. The lowest BCUT2D eigenvalue weighted by molar-refractivity contribution is -0.146. The molecule has 2 heterocycles. The molecule has 1 aliphatic rings. The number of amides is 1. The Balaban J connectivity index is 1.99. The van der Waals surface area contributed by atoms with E-state index >= 15 is 0 Å². The Bertz CT molecular complexity index is 412. The minimum absolute atomic E-state index is 0.0483. The molecule has 1 atom stereocenters. The van der Waals surface area contributed by atoms with Crippen molar-refractivity contribution in [1.29, 1.82) is 0 Å². The second-order valence-corrected chi connectivity index (χ2v) is 5.05. The van der Waals surface area contributed by atoms with Crippen molar-refractivity contribution in [3.63, 3.8) is 0 Å². The summed E-state index contributed by atoms with van der Waals surface area (Å²) < 4.78 is 1.47. The van der Waals surface area contributed by atoms with E-state index in [9.17, 15) is 14.7 Å². The van der Waals surface area contributed by atoms with E-state index < -0.39 is 11.5 Å². The number of nitrogens with zero attached hydrogens (tertiary/aromatic N) is 2. The highest BCUT2D eigenvalue weighted by Gasteiger charge is 2.43. The molecule has 1 fully saturated rings. The summed E-state index contributed by atoms with van der Waals surface area (Å²) in [4.78, 5) is 22.9. The van der Waals surface area contributed by atoms with Gasteiger partial charge in [0.15, 0.2) is 0 Å². The number of carboxylic acids is 1. The zero-order chi connectivity index (χ0) is 12.3. The van der Waals surface area contributed by atoms with Gasteiger partial charge in [0.25, 0.3) is 0 Å². The minimum Gasteiger partial charge on any atom is -0.479 e. The molecule has 0 unspecified atom stereocenters. The molecule has 1 aromatic heterocycles. The van der Waals surface area contributed by atoms with Crippen LogP contribution < -0.4 is 5.32 Å². The predicted molar refractivity (Wildman–Crippen MR) is 62.7 cm³/mol. The molecular weight excluding hydrogens is 242 g/mol. The second kappa shape index (κ2) is 4.79. The van der Waals surface area contributed by atoms with Crippen molar-refractivity contribution in [1.82, 2.24) is 15.1 Å². The predicted octanol–water partition coefficient (Wildman–Crippen LogP) is -0.0404. The molecular formula is C10H13N3O3S. The van der Waals surface area contributed by atoms with Gasteiger partial charge in [-0.15, -0.1) is 0 Å². The summed E-state index contributed by atoms with van der Waals surface area (Å²) in [5.74, 6) is -0.100. The summed E-state index contributed by atoms with van der Waals surface area (Å²) in [7, 11) is 0. The lowest BCUT2D eigenvalue weighted by Gasteiger charge is -2.24. The molecule has 1 aromatic rings. The highest BCUT2D eigenvalue weighted by atomic mass is 32.2. The molecule has 92 valence electrons. The van der Waals surface area contributed by atoms with Gasteiger partial charge in [0, 0.05) is 18.1 Å². The lowest BCUT2D eigenvalue weighted by atomic mass is 9.99. The lowest BCUT2D eigenvalue weighted by Crippen LogP contribution is -2.55. The Morgan fingerprint density at radius 2 is 2.41 bits per heavy atom. The van der Waals surface area contributed by atoms with Gasteiger partial charge < -0.3 is 10.4 Å². The van der Waals surface area contributed by atoms with E-state index in [2.05, 4.69) is 10.4 Å². The monoisotopic (exact) mass is 255 g/mol. The van der Waals surface area contributed by atoms with Gasteiger partial charge in [-0.05, 0) is 18.2 Å². The number of carbonyl (C=O) groups excluding carboxylic acids is 1. The molecule has 1 saturated heterocycles. The SMILES string of the molecule is O=C(Cn1cccn1)N[C@]1(C(=O)O)CCSC1. The topological polar surface area (TPSA) is 84.2 Å². The largest absolute Gasteiger partial charge is 0.479 e. The zero-order valence-electron chi connectivity index (χ0n) is 9.13. The molecule has 1 aliphatic heterocycles. The molecule has 7 heteroatoms. The van der Waals surface area contributed by atoms with E-state index in [1.54, 1.807) is 30.2 Å². The standard InChI is InChI=1S/C10H13N3O3S/c14-8(6-13-4-1-3-11-13)12-10(9(15)16)2-5-17-7-10/h1,3-4H,2,5-7H2,(H,12,14)(H,15,16)/t10-/m1/s1. The molecule has 17 heavy (non-hydrogen) atoms. The highest BCUT2D eigenvalue weighted by molar-refractivity contribution is 7.99. The van der Waals surface area contributed by atoms with Crippen molar-refractivity contribution in [2.24, 2.45) is 0 Å². The normalized spacial score (nSPS) is 23.5. The average molecular weight is 255 g/mol. The molecule has 1 amide bonds. The van der Waals surface area contributed by atoms with Gasteiger partial charge in [-0.3, -0.25) is 9.48 Å². The number of nitrogens with one attached hydrogen (secondary N) is 1. The van der Waals surface area contributed by atoms with E-state index in [4.69, 9.17) is 0 Å². The molecule has 0 saturated carbocycles. The van der Waals surface area contributed by atoms with Crippen LogP contribution >= 0.6 is 11.8 Å². The van der Waals surface area contributed by atoms with Gasteiger partial charge in [-0.25, -0.2) is 4.79 Å². The fourth-order valence-electron chi connectivity index (χ4n) is 1.73. The third-order valence-electron chi connectivity index (χ3n) is 2.67. The van der Waals surface area contributed by atoms with Crippen LogP contribution in [0, 0.1) is 0 Å². The number of aliphatic carboxylic acids is 1. The van der Waals surface area contributed by atoms with Gasteiger partial charge in [0.05, 0.1) is 0 Å². The van der Waals surface area contributed by atoms with Crippen LogP contribution in [-0.2, 0) is 16.1 Å². The van der Waals surface area contributed by atoms with E-state index in [1.165, 1.54) is 4.68 Å². The number of carbonyl (C=O) groups is 2. The molecule has 2 N–H and O–H groups in total. The molecule has 0 spiro atoms. The van der Waals surface area contributed by atoms with E-state index in [-0.39, 0.29) is 12.5 Å². The molecule has 0 radical (unpaired) electrons. The van der Waals surface area contributed by atoms with Gasteiger partial charge in [0.1, 0.15) is 12.1 Å². The van der Waals surface area contributed by atoms with Crippen molar-refractivity contribution in [3.05, 3.63) is 18.5 Å². The molecule has 0 aliphatic carbocycles. The second-order valence-electron chi connectivity index (χ2n) is 3.94. The van der Waals surface area contributed by atoms with Crippen LogP contribution in [0.4, 0.5) is 0 Å². The Labute approximate surface area is 102 Å². The van der Waals surface area contributed by atoms with Gasteiger partial charge in [0.2, 0.25) is 5.91 Å². The summed E-state index contributed by atoms with van der Waals surface area (Å²) in [5.41, 5.74) is -1.10. The van der Waals surface area contributed by atoms with Crippen molar-refractivity contribution in [2.75, 3.05) is 11.5 Å². The maximum atomic E-state index is 11.7. The summed E-state index contributed by atoms with van der Waals surface area (Å²) in [6.45, 7) is 0.0483. The Kier molecular flexibility index (Phi) is 3.37. The van der Waals surface area contributed by atoms with E-state index in [0.29, 0.717) is 12.2 Å². The smallest absolute Gasteiger partial charge is 0.330 e. The third-order valence-corrected chi connectivity index (χ3v) is 3.86. The van der Waals surface area contributed by atoms with Crippen molar-refractivity contribution in [2.45, 2.75) is 18.5 Å². The van der Waals surface area contributed by atoms with Crippen molar-refractivity contribution in [3.8, 4) is 0 Å². The zero-order valence-corrected chi connectivity index (χ0v) is 9.94. The number of hydrogen-bond acceptors (Lipinski definition) is 4.